The van der Waals surface area contributed by atoms with Crippen molar-refractivity contribution in [3.8, 4) is 0 Å². The Balaban J connectivity index is 1.44. The van der Waals surface area contributed by atoms with Crippen molar-refractivity contribution < 1.29 is 9.53 Å². The number of carbonyl (C=O) groups is 1. The zero-order chi connectivity index (χ0) is 14.4. The van der Waals surface area contributed by atoms with Gasteiger partial charge in [-0.25, -0.2) is 0 Å². The zero-order valence-electron chi connectivity index (χ0n) is 12.7. The van der Waals surface area contributed by atoms with Crippen LogP contribution in [0, 0.1) is 5.41 Å². The molecule has 0 atom stereocenters. The van der Waals surface area contributed by atoms with E-state index >= 15 is 0 Å². The molecule has 2 aliphatic carbocycles. The number of nitrogens with one attached hydrogen (secondary N) is 1. The van der Waals surface area contributed by atoms with E-state index in [1.807, 2.05) is 11.7 Å². The van der Waals surface area contributed by atoms with Gasteiger partial charge in [0.05, 0.1) is 6.61 Å². The van der Waals surface area contributed by atoms with Crippen molar-refractivity contribution in [1.29, 1.82) is 0 Å². The smallest absolute Gasteiger partial charge is 0.272 e. The zero-order valence-corrected chi connectivity index (χ0v) is 12.7. The summed E-state index contributed by atoms with van der Waals surface area (Å²) in [6.45, 7) is 1.76. The molecule has 5 heteroatoms. The minimum absolute atomic E-state index is 0.0208. The molecule has 1 saturated carbocycles. The fraction of sp³-hybridized carbons (Fsp3) is 0.750. The minimum Gasteiger partial charge on any atom is -0.381 e. The van der Waals surface area contributed by atoms with Crippen molar-refractivity contribution in [2.75, 3.05) is 13.2 Å². The van der Waals surface area contributed by atoms with Gasteiger partial charge in [0.2, 0.25) is 0 Å². The summed E-state index contributed by atoms with van der Waals surface area (Å²) < 4.78 is 7.39. The summed E-state index contributed by atoms with van der Waals surface area (Å²) >= 11 is 0. The highest BCUT2D eigenvalue weighted by Gasteiger charge is 2.47. The first-order valence-corrected chi connectivity index (χ1v) is 8.10. The molecule has 0 aromatic carbocycles. The molecule has 114 valence electrons. The predicted octanol–water partition coefficient (Wildman–Crippen LogP) is 1.60. The van der Waals surface area contributed by atoms with Gasteiger partial charge in [0.1, 0.15) is 0 Å². The molecule has 21 heavy (non-hydrogen) atoms. The number of ether oxygens (including phenoxy) is 1. The maximum Gasteiger partial charge on any atom is 0.272 e. The number of nitrogens with zero attached hydrogens (tertiary/aromatic N) is 2. The Hall–Kier alpha value is -1.36. The fourth-order valence-electron chi connectivity index (χ4n) is 4.27. The van der Waals surface area contributed by atoms with Crippen LogP contribution in [-0.2, 0) is 24.6 Å². The van der Waals surface area contributed by atoms with Gasteiger partial charge in [0, 0.05) is 31.0 Å². The first-order chi connectivity index (χ1) is 10.2. The molecular weight excluding hydrogens is 266 g/mol. The number of amides is 1. The van der Waals surface area contributed by atoms with Gasteiger partial charge in [-0.05, 0) is 50.4 Å². The van der Waals surface area contributed by atoms with E-state index in [-0.39, 0.29) is 5.91 Å². The van der Waals surface area contributed by atoms with Crippen LogP contribution in [-0.4, -0.2) is 34.9 Å². The van der Waals surface area contributed by atoms with Crippen LogP contribution in [0.3, 0.4) is 0 Å². The molecule has 1 amide bonds. The lowest BCUT2D eigenvalue weighted by atomic mass is 9.65. The largest absolute Gasteiger partial charge is 0.381 e. The summed E-state index contributed by atoms with van der Waals surface area (Å²) in [5, 5.41) is 7.65. The summed E-state index contributed by atoms with van der Waals surface area (Å²) in [4.78, 5) is 12.5. The van der Waals surface area contributed by atoms with Crippen LogP contribution < -0.4 is 5.32 Å². The number of carbonyl (C=O) groups excluding carboxylic acids is 1. The Morgan fingerprint density at radius 3 is 2.95 bits per heavy atom. The van der Waals surface area contributed by atoms with Crippen molar-refractivity contribution in [3.05, 3.63) is 17.0 Å². The van der Waals surface area contributed by atoms with Gasteiger partial charge in [-0.2, -0.15) is 5.10 Å². The van der Waals surface area contributed by atoms with Gasteiger partial charge >= 0.3 is 0 Å². The van der Waals surface area contributed by atoms with Crippen LogP contribution in [0.1, 0.15) is 53.8 Å². The van der Waals surface area contributed by atoms with Crippen molar-refractivity contribution in [2.45, 2.75) is 51.0 Å². The van der Waals surface area contributed by atoms with Gasteiger partial charge in [-0.1, -0.05) is 0 Å². The maximum atomic E-state index is 12.5. The summed E-state index contributed by atoms with van der Waals surface area (Å²) in [6, 6.07) is 0.306. The van der Waals surface area contributed by atoms with Gasteiger partial charge in [0.15, 0.2) is 5.69 Å². The van der Waals surface area contributed by atoms with E-state index in [0.717, 1.165) is 45.3 Å². The average molecular weight is 289 g/mol. The first kappa shape index (κ1) is 13.3. The SMILES string of the molecule is Cn1nc(C(=O)NC2CC3(CCOC3)C2)c2c1CCCC2. The quantitative estimate of drug-likeness (QED) is 0.899. The van der Waals surface area contributed by atoms with E-state index in [4.69, 9.17) is 4.74 Å². The van der Waals surface area contributed by atoms with Crippen molar-refractivity contribution in [1.82, 2.24) is 15.1 Å². The third kappa shape index (κ3) is 2.18. The Morgan fingerprint density at radius 1 is 1.38 bits per heavy atom. The Bertz CT molecular complexity index is 564. The Kier molecular flexibility index (Phi) is 3.06. The van der Waals surface area contributed by atoms with Gasteiger partial charge < -0.3 is 10.1 Å². The summed E-state index contributed by atoms with van der Waals surface area (Å²) in [6.07, 6.45) is 7.70. The highest BCUT2D eigenvalue weighted by Crippen LogP contribution is 2.47. The van der Waals surface area contributed by atoms with Crippen molar-refractivity contribution in [2.24, 2.45) is 12.5 Å². The molecule has 2 heterocycles. The fourth-order valence-corrected chi connectivity index (χ4v) is 4.27. The number of aryl methyl sites for hydroxylation is 1. The second-order valence-electron chi connectivity index (χ2n) is 6.99. The second kappa shape index (κ2) is 4.83. The van der Waals surface area contributed by atoms with Crippen LogP contribution in [0.2, 0.25) is 0 Å². The first-order valence-electron chi connectivity index (χ1n) is 8.10. The number of aromatic nitrogens is 2. The van der Waals surface area contributed by atoms with Crippen LogP contribution in [0.5, 0.6) is 0 Å². The lowest BCUT2D eigenvalue weighted by Gasteiger charge is -2.44. The van der Waals surface area contributed by atoms with Crippen LogP contribution in [0.25, 0.3) is 0 Å². The van der Waals surface area contributed by atoms with E-state index in [1.165, 1.54) is 24.1 Å². The lowest BCUT2D eigenvalue weighted by molar-refractivity contribution is 0.0528. The van der Waals surface area contributed by atoms with Crippen molar-refractivity contribution >= 4 is 5.91 Å². The monoisotopic (exact) mass is 289 g/mol. The molecular formula is C16H23N3O2. The molecule has 2 fully saturated rings. The molecule has 1 spiro atoms. The highest BCUT2D eigenvalue weighted by atomic mass is 16.5. The number of hydrogen-bond acceptors (Lipinski definition) is 3. The molecule has 5 nitrogen and oxygen atoms in total. The number of rotatable bonds is 2. The summed E-state index contributed by atoms with van der Waals surface area (Å²) in [7, 11) is 1.95. The van der Waals surface area contributed by atoms with Gasteiger partial charge in [-0.3, -0.25) is 9.48 Å². The Morgan fingerprint density at radius 2 is 2.19 bits per heavy atom. The van der Waals surface area contributed by atoms with E-state index in [9.17, 15) is 4.79 Å². The lowest BCUT2D eigenvalue weighted by Crippen LogP contribution is -2.51. The average Bonchev–Trinajstić information content (AvgIpc) is 3.05. The van der Waals surface area contributed by atoms with E-state index in [1.54, 1.807) is 0 Å². The molecule has 1 aromatic heterocycles. The predicted molar refractivity (Wildman–Crippen MR) is 78.2 cm³/mol. The van der Waals surface area contributed by atoms with E-state index in [2.05, 4.69) is 10.4 Å². The van der Waals surface area contributed by atoms with Crippen LogP contribution >= 0.6 is 0 Å². The molecule has 1 aliphatic heterocycles. The Labute approximate surface area is 125 Å². The standard InChI is InChI=1S/C16H23N3O2/c1-19-13-5-3-2-4-12(13)14(18-19)15(20)17-11-8-16(9-11)6-7-21-10-16/h11H,2-10H2,1H3,(H,17,20). The molecule has 3 aliphatic rings. The van der Waals surface area contributed by atoms with Crippen LogP contribution in [0.4, 0.5) is 0 Å². The van der Waals surface area contributed by atoms with Crippen LogP contribution in [0.15, 0.2) is 0 Å². The molecule has 1 saturated heterocycles. The highest BCUT2D eigenvalue weighted by molar-refractivity contribution is 5.94. The molecule has 4 rings (SSSR count). The van der Waals surface area contributed by atoms with E-state index in [0.29, 0.717) is 17.2 Å². The third-order valence-electron chi connectivity index (χ3n) is 5.46. The second-order valence-corrected chi connectivity index (χ2v) is 6.99. The molecule has 1 N–H and O–H groups in total. The third-order valence-corrected chi connectivity index (χ3v) is 5.46. The maximum absolute atomic E-state index is 12.5. The molecule has 0 radical (unpaired) electrons. The number of hydrogen-bond donors (Lipinski definition) is 1. The minimum atomic E-state index is 0.0208. The van der Waals surface area contributed by atoms with Gasteiger partial charge in [0.25, 0.3) is 5.91 Å². The topological polar surface area (TPSA) is 56.2 Å². The van der Waals surface area contributed by atoms with Gasteiger partial charge in [-0.15, -0.1) is 0 Å². The van der Waals surface area contributed by atoms with E-state index < -0.39 is 0 Å². The number of fused-ring (bicyclic) bond motifs is 1. The molecule has 0 unspecified atom stereocenters. The summed E-state index contributed by atoms with van der Waals surface area (Å²) in [5.41, 5.74) is 3.46. The molecule has 0 bridgehead atoms. The van der Waals surface area contributed by atoms with Crippen molar-refractivity contribution in [3.63, 3.8) is 0 Å². The molecule has 1 aromatic rings. The normalized spacial score (nSPS) is 31.0. The summed E-state index contributed by atoms with van der Waals surface area (Å²) in [5.74, 6) is 0.0208.